The lowest BCUT2D eigenvalue weighted by Crippen LogP contribution is -2.30. The number of alkyl halides is 3. The van der Waals surface area contributed by atoms with Gasteiger partial charge in [-0.2, -0.15) is 13.2 Å². The first-order valence-corrected chi connectivity index (χ1v) is 16.3. The number of methoxy groups -OCH3 is 1. The number of nitrogens with one attached hydrogen (secondary N) is 3. The van der Waals surface area contributed by atoms with E-state index in [0.717, 1.165) is 30.0 Å². The van der Waals surface area contributed by atoms with Gasteiger partial charge in [-0.3, -0.25) is 14.4 Å². The number of halogens is 4. The second-order valence-electron chi connectivity index (χ2n) is 10.7. The predicted octanol–water partition coefficient (Wildman–Crippen LogP) is 9.25. The maximum absolute atomic E-state index is 13.7. The fourth-order valence-corrected chi connectivity index (χ4v) is 6.01. The van der Waals surface area contributed by atoms with Crippen LogP contribution in [0.5, 0.6) is 5.75 Å². The Morgan fingerprint density at radius 3 is 2.18 bits per heavy atom. The molecule has 0 aromatic heterocycles. The number of hydrogen-bond acceptors (Lipinski definition) is 5. The minimum absolute atomic E-state index is 0.0517. The van der Waals surface area contributed by atoms with E-state index in [9.17, 15) is 27.6 Å². The van der Waals surface area contributed by atoms with Crippen LogP contribution in [-0.2, 0) is 15.8 Å². The number of amides is 3. The molecule has 3 amide bonds. The minimum Gasteiger partial charge on any atom is -0.496 e. The molecule has 254 valence electrons. The van der Waals surface area contributed by atoms with Gasteiger partial charge in [-0.15, -0.1) is 11.8 Å². The highest BCUT2D eigenvalue weighted by molar-refractivity contribution is 8.00. The molecule has 0 aliphatic rings. The monoisotopic (exact) mass is 715 g/mol. The first-order chi connectivity index (χ1) is 24.0. The van der Waals surface area contributed by atoms with E-state index >= 15 is 0 Å². The minimum atomic E-state index is -4.63. The molecule has 5 aromatic carbocycles. The summed E-state index contributed by atoms with van der Waals surface area (Å²) in [5, 5.41) is 7.08. The van der Waals surface area contributed by atoms with E-state index < -0.39 is 34.7 Å². The molecule has 3 N–H and O–H groups in total. The van der Waals surface area contributed by atoms with E-state index in [4.69, 9.17) is 16.3 Å². The van der Waals surface area contributed by atoms with Crippen LogP contribution in [-0.4, -0.2) is 24.8 Å². The van der Waals surface area contributed by atoms with E-state index in [1.807, 2.05) is 0 Å². The summed E-state index contributed by atoms with van der Waals surface area (Å²) in [6.07, 6.45) is -3.13. The van der Waals surface area contributed by atoms with Crippen molar-refractivity contribution in [3.8, 4) is 5.75 Å². The van der Waals surface area contributed by atoms with Gasteiger partial charge in [0.05, 0.1) is 23.4 Å². The lowest BCUT2D eigenvalue weighted by atomic mass is 10.1. The van der Waals surface area contributed by atoms with Crippen molar-refractivity contribution >= 4 is 58.5 Å². The van der Waals surface area contributed by atoms with Crippen molar-refractivity contribution in [2.24, 2.45) is 0 Å². The van der Waals surface area contributed by atoms with Crippen molar-refractivity contribution in [2.75, 3.05) is 17.7 Å². The molecule has 0 radical (unpaired) electrons. The molecule has 5 rings (SSSR count). The first-order valence-electron chi connectivity index (χ1n) is 15.0. The van der Waals surface area contributed by atoms with Gasteiger partial charge in [0.25, 0.3) is 11.8 Å². The van der Waals surface area contributed by atoms with E-state index in [-0.39, 0.29) is 16.4 Å². The average molecular weight is 716 g/mol. The Kier molecular flexibility index (Phi) is 11.6. The fraction of sp³-hybridized carbons (Fsp3) is 0.0789. The highest BCUT2D eigenvalue weighted by Crippen LogP contribution is 2.39. The second-order valence-corrected chi connectivity index (χ2v) is 12.3. The number of hydrogen-bond donors (Lipinski definition) is 3. The molecule has 0 saturated carbocycles. The normalized spacial score (nSPS) is 12.1. The van der Waals surface area contributed by atoms with Gasteiger partial charge in [-0.1, -0.05) is 84.4 Å². The Morgan fingerprint density at radius 1 is 0.800 bits per heavy atom. The van der Waals surface area contributed by atoms with Crippen molar-refractivity contribution in [3.05, 3.63) is 160 Å². The van der Waals surface area contributed by atoms with Crippen LogP contribution in [0.4, 0.5) is 24.5 Å². The molecule has 0 aliphatic carbocycles. The van der Waals surface area contributed by atoms with Crippen LogP contribution in [0, 0.1) is 0 Å². The zero-order valence-electron chi connectivity index (χ0n) is 26.3. The molecular weight excluding hydrogens is 687 g/mol. The molecule has 0 aliphatic heterocycles. The van der Waals surface area contributed by atoms with Crippen LogP contribution in [0.3, 0.4) is 0 Å². The highest BCUT2D eigenvalue weighted by Gasteiger charge is 2.32. The molecule has 0 heterocycles. The zero-order chi connectivity index (χ0) is 35.7. The Balaban J connectivity index is 1.40. The number of anilines is 2. The van der Waals surface area contributed by atoms with E-state index in [1.54, 1.807) is 109 Å². The SMILES string of the molecule is COc1ccccc1/C=C(/NC(=O)c1ccccc1)C(=O)Nc1cccc(SC(C(=O)Nc2cc(C(F)(F)F)ccc2Cl)c2ccccc2)c1. The average Bonchev–Trinajstić information content (AvgIpc) is 3.11. The second kappa shape index (κ2) is 16.3. The van der Waals surface area contributed by atoms with Crippen LogP contribution in [0.25, 0.3) is 6.08 Å². The summed E-state index contributed by atoms with van der Waals surface area (Å²) in [6.45, 7) is 0. The van der Waals surface area contributed by atoms with Crippen molar-refractivity contribution < 1.29 is 32.3 Å². The van der Waals surface area contributed by atoms with Gasteiger partial charge in [0.2, 0.25) is 5.91 Å². The molecule has 12 heteroatoms. The summed E-state index contributed by atoms with van der Waals surface area (Å²) in [6, 6.07) is 33.5. The maximum atomic E-state index is 13.7. The number of para-hydroxylation sites is 1. The number of thioether (sulfide) groups is 1. The largest absolute Gasteiger partial charge is 0.496 e. The van der Waals surface area contributed by atoms with Crippen LogP contribution < -0.4 is 20.7 Å². The summed E-state index contributed by atoms with van der Waals surface area (Å²) >= 11 is 7.28. The number of benzene rings is 5. The van der Waals surface area contributed by atoms with Gasteiger partial charge < -0.3 is 20.7 Å². The van der Waals surface area contributed by atoms with Gasteiger partial charge in [0.1, 0.15) is 16.7 Å². The van der Waals surface area contributed by atoms with Gasteiger partial charge >= 0.3 is 6.18 Å². The van der Waals surface area contributed by atoms with Crippen LogP contribution in [0.1, 0.15) is 32.3 Å². The molecule has 0 bridgehead atoms. The Morgan fingerprint density at radius 2 is 1.48 bits per heavy atom. The predicted molar refractivity (Wildman–Crippen MR) is 190 cm³/mol. The molecule has 0 saturated heterocycles. The molecule has 7 nitrogen and oxygen atoms in total. The molecular formula is C38H29ClF3N3O4S. The van der Waals surface area contributed by atoms with E-state index in [0.29, 0.717) is 33.0 Å². The standard InChI is InChI=1S/C38H29ClF3N3O4S/c1-49-33-18-9-8-15-26(33)21-32(45-35(46)25-13-6-3-7-14-25)36(47)43-28-16-10-17-29(23-28)50-34(24-11-4-2-5-12-24)37(48)44-31-22-27(38(40,41)42)19-20-30(31)39/h2-23,34H,1H3,(H,43,47)(H,44,48)(H,45,46)/b32-21+. The van der Waals surface area contributed by atoms with Gasteiger partial charge in [-0.05, 0) is 66.2 Å². The van der Waals surface area contributed by atoms with E-state index in [1.165, 1.54) is 13.2 Å². The van der Waals surface area contributed by atoms with Crippen molar-refractivity contribution in [1.82, 2.24) is 5.32 Å². The number of carbonyl (C=O) groups excluding carboxylic acids is 3. The highest BCUT2D eigenvalue weighted by atomic mass is 35.5. The van der Waals surface area contributed by atoms with Crippen LogP contribution in [0.2, 0.25) is 5.02 Å². The molecule has 1 unspecified atom stereocenters. The summed E-state index contributed by atoms with van der Waals surface area (Å²) in [5.74, 6) is -1.24. The third kappa shape index (κ3) is 9.34. The van der Waals surface area contributed by atoms with Crippen LogP contribution in [0.15, 0.2) is 138 Å². The molecule has 0 fully saturated rings. The summed E-state index contributed by atoms with van der Waals surface area (Å²) in [4.78, 5) is 41.0. The maximum Gasteiger partial charge on any atom is 0.416 e. The number of carbonyl (C=O) groups is 3. The summed E-state index contributed by atoms with van der Waals surface area (Å²) in [5.41, 5.74) is 0.647. The Labute approximate surface area is 295 Å². The third-order valence-electron chi connectivity index (χ3n) is 7.21. The lowest BCUT2D eigenvalue weighted by molar-refractivity contribution is -0.137. The number of ether oxygens (including phenoxy) is 1. The van der Waals surface area contributed by atoms with Crippen molar-refractivity contribution in [2.45, 2.75) is 16.3 Å². The first kappa shape index (κ1) is 35.8. The Bertz CT molecular complexity index is 2030. The van der Waals surface area contributed by atoms with Gasteiger partial charge in [-0.25, -0.2) is 0 Å². The molecule has 5 aromatic rings. The molecule has 0 spiro atoms. The smallest absolute Gasteiger partial charge is 0.416 e. The molecule has 50 heavy (non-hydrogen) atoms. The van der Waals surface area contributed by atoms with Crippen LogP contribution >= 0.6 is 23.4 Å². The van der Waals surface area contributed by atoms with Gasteiger partial charge in [0.15, 0.2) is 0 Å². The lowest BCUT2D eigenvalue weighted by Gasteiger charge is -2.19. The number of rotatable bonds is 11. The van der Waals surface area contributed by atoms with Crippen molar-refractivity contribution in [1.29, 1.82) is 0 Å². The topological polar surface area (TPSA) is 96.5 Å². The summed E-state index contributed by atoms with van der Waals surface area (Å²) < 4.78 is 45.6. The summed E-state index contributed by atoms with van der Waals surface area (Å²) in [7, 11) is 1.50. The zero-order valence-corrected chi connectivity index (χ0v) is 27.9. The third-order valence-corrected chi connectivity index (χ3v) is 8.78. The van der Waals surface area contributed by atoms with Gasteiger partial charge in [0, 0.05) is 21.7 Å². The molecule has 1 atom stereocenters. The quantitative estimate of drug-likeness (QED) is 0.0936. The van der Waals surface area contributed by atoms with Crippen molar-refractivity contribution in [3.63, 3.8) is 0 Å². The Hall–Kier alpha value is -5.52. The van der Waals surface area contributed by atoms with E-state index in [2.05, 4.69) is 16.0 Å². The fourth-order valence-electron chi connectivity index (χ4n) is 4.76.